The van der Waals surface area contributed by atoms with E-state index in [1.54, 1.807) is 49.4 Å². The highest BCUT2D eigenvalue weighted by atomic mass is 16.6. The van der Waals surface area contributed by atoms with Gasteiger partial charge in [0.15, 0.2) is 5.65 Å². The van der Waals surface area contributed by atoms with Crippen molar-refractivity contribution in [1.82, 2.24) is 48.5 Å². The van der Waals surface area contributed by atoms with Crippen molar-refractivity contribution in [3.05, 3.63) is 82.6 Å². The number of benzene rings is 1. The molecule has 0 atom stereocenters. The Bertz CT molecular complexity index is 2980. The number of rotatable bonds is 14. The minimum absolute atomic E-state index is 0.0304. The number of aromatic nitrogens is 9. The molecule has 21 nitrogen and oxygen atoms in total. The van der Waals surface area contributed by atoms with Crippen LogP contribution in [0.1, 0.15) is 101 Å². The predicted molar refractivity (Wildman–Crippen MR) is 248 cm³/mol. The lowest BCUT2D eigenvalue weighted by molar-refractivity contribution is 0.0199. The van der Waals surface area contributed by atoms with Gasteiger partial charge in [0.1, 0.15) is 40.4 Å². The van der Waals surface area contributed by atoms with E-state index in [1.807, 2.05) is 46.8 Å². The minimum Gasteiger partial charge on any atom is -0.479 e. The Hall–Kier alpha value is -8.02. The van der Waals surface area contributed by atoms with Crippen molar-refractivity contribution in [3.8, 4) is 17.6 Å². The molecule has 1 fully saturated rings. The van der Waals surface area contributed by atoms with E-state index in [1.165, 1.54) is 24.4 Å². The van der Waals surface area contributed by atoms with Gasteiger partial charge in [-0.05, 0) is 91.6 Å². The molecule has 1 aliphatic heterocycles. The summed E-state index contributed by atoms with van der Waals surface area (Å²) in [7, 11) is 0. The van der Waals surface area contributed by atoms with Crippen molar-refractivity contribution in [2.24, 2.45) is 17.4 Å². The predicted octanol–water partition coefficient (Wildman–Crippen LogP) is 4.82. The largest absolute Gasteiger partial charge is 0.479 e. The first kappa shape index (κ1) is 47.0. The van der Waals surface area contributed by atoms with Crippen LogP contribution in [0.3, 0.4) is 0 Å². The first-order chi connectivity index (χ1) is 31.9. The van der Waals surface area contributed by atoms with E-state index in [4.69, 9.17) is 25.9 Å². The summed E-state index contributed by atoms with van der Waals surface area (Å²) in [5.41, 5.74) is 14.5. The van der Waals surface area contributed by atoms with E-state index in [0.717, 1.165) is 0 Å². The Labute approximate surface area is 385 Å². The Morgan fingerprint density at radius 2 is 1.34 bits per heavy atom. The van der Waals surface area contributed by atoms with Gasteiger partial charge in [-0.15, -0.1) is 0 Å². The number of piperidine rings is 1. The van der Waals surface area contributed by atoms with Gasteiger partial charge in [0.25, 0.3) is 11.8 Å². The van der Waals surface area contributed by atoms with Crippen LogP contribution in [-0.4, -0.2) is 104 Å². The van der Waals surface area contributed by atoms with Gasteiger partial charge >= 0.3 is 6.09 Å². The van der Waals surface area contributed by atoms with Crippen LogP contribution in [0.15, 0.2) is 48.7 Å². The van der Waals surface area contributed by atoms with E-state index < -0.39 is 29.2 Å². The highest BCUT2D eigenvalue weighted by Crippen LogP contribution is 2.32. The Morgan fingerprint density at radius 3 is 1.91 bits per heavy atom. The van der Waals surface area contributed by atoms with Gasteiger partial charge in [-0.2, -0.15) is 10.2 Å². The molecule has 67 heavy (non-hydrogen) atoms. The van der Waals surface area contributed by atoms with Gasteiger partial charge in [-0.25, -0.2) is 19.7 Å². The lowest BCUT2D eigenvalue weighted by Crippen LogP contribution is -2.41. The summed E-state index contributed by atoms with van der Waals surface area (Å²) in [4.78, 5) is 80.2. The molecule has 6 N–H and O–H groups in total. The van der Waals surface area contributed by atoms with Gasteiger partial charge in [0.2, 0.25) is 23.7 Å². The fraction of sp³-hybridized carbons (Fsp3) is 0.391. The number of ether oxygens (including phenoxy) is 2. The van der Waals surface area contributed by atoms with Crippen molar-refractivity contribution < 1.29 is 33.4 Å². The van der Waals surface area contributed by atoms with Crippen LogP contribution < -0.4 is 26.8 Å². The zero-order chi connectivity index (χ0) is 48.2. The van der Waals surface area contributed by atoms with Gasteiger partial charge in [0, 0.05) is 56.9 Å². The fourth-order valence-electron chi connectivity index (χ4n) is 7.63. The number of nitrogens with two attached hydrogens (primary N) is 2. The number of nitrogens with one attached hydrogen (secondary N) is 2. The number of fused-ring (bicyclic) bond motifs is 2. The summed E-state index contributed by atoms with van der Waals surface area (Å²) in [6.07, 6.45) is 5.96. The highest BCUT2D eigenvalue weighted by Gasteiger charge is 2.27. The molecule has 1 aromatic carbocycles. The third-order valence-electron chi connectivity index (χ3n) is 10.8. The lowest BCUT2D eigenvalue weighted by Gasteiger charge is -2.31. The van der Waals surface area contributed by atoms with Gasteiger partial charge in [0.05, 0.1) is 22.5 Å². The topological polar surface area (TPSA) is 267 Å². The van der Waals surface area contributed by atoms with Crippen LogP contribution in [0.25, 0.3) is 22.2 Å². The first-order valence-corrected chi connectivity index (χ1v) is 21.9. The number of hydrogen-bond acceptors (Lipinski definition) is 12. The monoisotopic (exact) mass is 914 g/mol. The van der Waals surface area contributed by atoms with Crippen molar-refractivity contribution in [2.75, 3.05) is 30.3 Å². The number of hydrogen-bond donors (Lipinski definition) is 4. The van der Waals surface area contributed by atoms with Crippen molar-refractivity contribution in [1.29, 1.82) is 0 Å². The number of anilines is 2. The number of amides is 5. The maximum absolute atomic E-state index is 13.8. The van der Waals surface area contributed by atoms with Crippen LogP contribution >= 0.6 is 0 Å². The molecule has 1 aliphatic rings. The number of allylic oxidation sites excluding steroid dienone is 2. The number of aryl methyl sites for hydroxylation is 4. The first-order valence-electron chi connectivity index (χ1n) is 21.9. The summed E-state index contributed by atoms with van der Waals surface area (Å²) < 4.78 is 18.4. The summed E-state index contributed by atoms with van der Waals surface area (Å²) in [5.74, 6) is 4.64. The average molecular weight is 915 g/mol. The molecule has 0 bridgehead atoms. The second-order valence-electron chi connectivity index (χ2n) is 16.9. The number of carbonyl (C=O) groups is 5. The van der Waals surface area contributed by atoms with Crippen molar-refractivity contribution in [3.63, 3.8) is 0 Å². The van der Waals surface area contributed by atoms with Crippen molar-refractivity contribution >= 4 is 63.8 Å². The molecule has 6 heterocycles. The molecule has 0 unspecified atom stereocenters. The SMILES string of the molecule is CCn1nc(C)cc1C(=O)Nc1nc2cc(C(N)=O)cnc2n1C/C=C/Cn1c(NC(=O)c2cc(C)nn2CC)nc2cc(C(N)=O)cc(OCC#CC3CCN(C(=O)OC(C)(C)C)CC3)c21. The smallest absolute Gasteiger partial charge is 0.410 e. The molecule has 0 aliphatic carbocycles. The van der Waals surface area contributed by atoms with Crippen LogP contribution in [-0.2, 0) is 30.9 Å². The van der Waals surface area contributed by atoms with E-state index >= 15 is 0 Å². The van der Waals surface area contributed by atoms with Crippen LogP contribution in [0.5, 0.6) is 5.75 Å². The lowest BCUT2D eigenvalue weighted by atomic mass is 9.98. The number of primary amides is 2. The van der Waals surface area contributed by atoms with E-state index in [2.05, 4.69) is 42.6 Å². The molecule has 1 saturated heterocycles. The minimum atomic E-state index is -0.710. The molecular weight excluding hydrogens is 861 g/mol. The number of imidazole rings is 2. The maximum atomic E-state index is 13.8. The molecule has 7 rings (SSSR count). The third-order valence-corrected chi connectivity index (χ3v) is 10.8. The second kappa shape index (κ2) is 19.6. The van der Waals surface area contributed by atoms with E-state index in [-0.39, 0.29) is 60.5 Å². The molecule has 21 heteroatoms. The summed E-state index contributed by atoms with van der Waals surface area (Å²) >= 11 is 0. The molecule has 350 valence electrons. The van der Waals surface area contributed by atoms with Gasteiger partial charge in [-0.1, -0.05) is 24.0 Å². The molecule has 0 saturated carbocycles. The van der Waals surface area contributed by atoms with Gasteiger partial charge in [-0.3, -0.25) is 43.7 Å². The summed E-state index contributed by atoms with van der Waals surface area (Å²) in [6.45, 7) is 15.0. The summed E-state index contributed by atoms with van der Waals surface area (Å²) in [6, 6.07) is 7.89. The molecule has 0 spiro atoms. The Kier molecular flexibility index (Phi) is 13.7. The number of pyridine rings is 1. The average Bonchev–Trinajstić information content (AvgIpc) is 4.05. The van der Waals surface area contributed by atoms with Gasteiger partial charge < -0.3 is 30.4 Å². The second-order valence-corrected chi connectivity index (χ2v) is 16.9. The molecule has 0 radical (unpaired) electrons. The van der Waals surface area contributed by atoms with Crippen LogP contribution in [0.2, 0.25) is 0 Å². The van der Waals surface area contributed by atoms with Crippen molar-refractivity contribution in [2.45, 2.75) is 93.1 Å². The third kappa shape index (κ3) is 10.8. The fourth-order valence-corrected chi connectivity index (χ4v) is 7.63. The molecule has 5 aromatic heterocycles. The Morgan fingerprint density at radius 1 is 0.791 bits per heavy atom. The number of nitrogens with zero attached hydrogens (tertiary/aromatic N) is 10. The highest BCUT2D eigenvalue weighted by molar-refractivity contribution is 6.05. The van der Waals surface area contributed by atoms with Crippen LogP contribution in [0, 0.1) is 31.6 Å². The normalized spacial score (nSPS) is 13.2. The standard InChI is InChI=1S/C46H54N14O7/c1-8-59-34(21-27(3)54-59)41(63)52-43-50-32-23-30(38(47)61)25-36(66-20-12-13-29-14-18-56(19-15-29)45(65)67-46(5,6)7)37(32)57(43)16-10-11-17-58-40-33(24-31(26-49-40)39(48)62)51-44(58)53-42(64)35-22-28(4)55-60(35)9-2/h10-11,21-26,29H,8-9,14-20H2,1-7H3,(H2,47,61)(H2,48,62)(H,50,52,63)(H,51,53,64)/b11-10+. The maximum Gasteiger partial charge on any atom is 0.410 e. The number of likely N-dealkylation sites (tertiary alicyclic amines) is 1. The number of carbonyl (C=O) groups excluding carboxylic acids is 5. The van der Waals surface area contributed by atoms with E-state index in [0.29, 0.717) is 84.0 Å². The Balaban J connectivity index is 1.19. The molecule has 6 aromatic rings. The molecular formula is C46H54N14O7. The quantitative estimate of drug-likeness (QED) is 0.0847. The van der Waals surface area contributed by atoms with Crippen LogP contribution in [0.4, 0.5) is 16.7 Å². The molecule has 5 amide bonds. The zero-order valence-corrected chi connectivity index (χ0v) is 38.5. The summed E-state index contributed by atoms with van der Waals surface area (Å²) in [5, 5.41) is 14.6. The zero-order valence-electron chi connectivity index (χ0n) is 38.5. The van der Waals surface area contributed by atoms with E-state index in [9.17, 15) is 24.0 Å².